The van der Waals surface area contributed by atoms with Crippen LogP contribution in [0, 0.1) is 5.92 Å². The van der Waals surface area contributed by atoms with Crippen molar-refractivity contribution < 1.29 is 13.2 Å². The van der Waals surface area contributed by atoms with Crippen LogP contribution in [0.25, 0.3) is 0 Å². The van der Waals surface area contributed by atoms with Gasteiger partial charge in [0.2, 0.25) is 0 Å². The van der Waals surface area contributed by atoms with Gasteiger partial charge in [0.1, 0.15) is 5.75 Å². The lowest BCUT2D eigenvalue weighted by Crippen LogP contribution is -2.39. The van der Waals surface area contributed by atoms with Crippen molar-refractivity contribution in [3.8, 4) is 5.75 Å². The average Bonchev–Trinajstić information content (AvgIpc) is 3.43. The molecule has 0 aromatic heterocycles. The van der Waals surface area contributed by atoms with Crippen LogP contribution < -0.4 is 15.4 Å². The first-order chi connectivity index (χ1) is 12.0. The van der Waals surface area contributed by atoms with Crippen molar-refractivity contribution in [1.29, 1.82) is 0 Å². The van der Waals surface area contributed by atoms with Crippen molar-refractivity contribution >= 4 is 15.8 Å². The molecule has 0 heterocycles. The van der Waals surface area contributed by atoms with Crippen LogP contribution in [-0.4, -0.2) is 45.6 Å². The smallest absolute Gasteiger partial charge is 0.191 e. The highest BCUT2D eigenvalue weighted by molar-refractivity contribution is 7.91. The number of guanidine groups is 1. The van der Waals surface area contributed by atoms with Crippen LogP contribution in [0.2, 0.25) is 0 Å². The first kappa shape index (κ1) is 19.6. The standard InChI is InChI=1S/C18H29N3O3S/c1-3-19-18(20-11-12-25(22,23)4-2)21-13-16-7-5-6-8-17(16)24-14-15-9-10-15/h5-8,15H,3-4,9-14H2,1-2H3,(H2,19,20,21). The Morgan fingerprint density at radius 1 is 1.24 bits per heavy atom. The second kappa shape index (κ2) is 9.65. The lowest BCUT2D eigenvalue weighted by molar-refractivity contribution is 0.297. The number of nitrogens with one attached hydrogen (secondary N) is 2. The molecule has 7 heteroatoms. The molecule has 0 atom stereocenters. The second-order valence-electron chi connectivity index (χ2n) is 6.22. The lowest BCUT2D eigenvalue weighted by Gasteiger charge is -2.13. The van der Waals surface area contributed by atoms with Crippen LogP contribution in [0.4, 0.5) is 0 Å². The van der Waals surface area contributed by atoms with Gasteiger partial charge in [0.05, 0.1) is 18.9 Å². The van der Waals surface area contributed by atoms with Gasteiger partial charge in [0.25, 0.3) is 0 Å². The van der Waals surface area contributed by atoms with Crippen LogP contribution in [0.1, 0.15) is 32.3 Å². The maximum absolute atomic E-state index is 11.6. The molecule has 0 amide bonds. The predicted molar refractivity (Wildman–Crippen MR) is 102 cm³/mol. The van der Waals surface area contributed by atoms with E-state index in [1.807, 2.05) is 31.2 Å². The van der Waals surface area contributed by atoms with E-state index in [-0.39, 0.29) is 11.5 Å². The fourth-order valence-corrected chi connectivity index (χ4v) is 2.94. The number of para-hydroxylation sites is 1. The SMILES string of the molecule is CCNC(=NCc1ccccc1OCC1CC1)NCCS(=O)(=O)CC. The van der Waals surface area contributed by atoms with Gasteiger partial charge in [-0.3, -0.25) is 0 Å². The molecular weight excluding hydrogens is 338 g/mol. The fraction of sp³-hybridized carbons (Fsp3) is 0.611. The summed E-state index contributed by atoms with van der Waals surface area (Å²) >= 11 is 0. The van der Waals surface area contributed by atoms with Crippen LogP contribution in [0.5, 0.6) is 5.75 Å². The van der Waals surface area contributed by atoms with E-state index in [2.05, 4.69) is 15.6 Å². The molecule has 6 nitrogen and oxygen atoms in total. The molecule has 0 aliphatic heterocycles. The van der Waals surface area contributed by atoms with E-state index in [4.69, 9.17) is 4.74 Å². The molecule has 25 heavy (non-hydrogen) atoms. The summed E-state index contributed by atoms with van der Waals surface area (Å²) in [6, 6.07) is 7.93. The third-order valence-corrected chi connectivity index (χ3v) is 5.75. The minimum Gasteiger partial charge on any atom is -0.493 e. The van der Waals surface area contributed by atoms with Crippen LogP contribution >= 0.6 is 0 Å². The molecule has 1 fully saturated rings. The van der Waals surface area contributed by atoms with Gasteiger partial charge < -0.3 is 15.4 Å². The summed E-state index contributed by atoms with van der Waals surface area (Å²) in [6.45, 7) is 5.96. The molecule has 140 valence electrons. The van der Waals surface area contributed by atoms with Crippen LogP contribution in [0.3, 0.4) is 0 Å². The van der Waals surface area contributed by atoms with E-state index in [0.29, 0.717) is 31.5 Å². The molecule has 0 saturated heterocycles. The number of ether oxygens (including phenoxy) is 1. The zero-order valence-electron chi connectivity index (χ0n) is 15.1. The number of hydrogen-bond acceptors (Lipinski definition) is 4. The van der Waals surface area contributed by atoms with Crippen molar-refractivity contribution in [2.24, 2.45) is 10.9 Å². The fourth-order valence-electron chi connectivity index (χ4n) is 2.24. The van der Waals surface area contributed by atoms with E-state index in [1.54, 1.807) is 6.92 Å². The molecule has 0 radical (unpaired) electrons. The van der Waals surface area contributed by atoms with Gasteiger partial charge in [0, 0.05) is 24.4 Å². The van der Waals surface area contributed by atoms with Crippen molar-refractivity contribution in [3.63, 3.8) is 0 Å². The lowest BCUT2D eigenvalue weighted by atomic mass is 10.2. The quantitative estimate of drug-likeness (QED) is 0.488. The monoisotopic (exact) mass is 367 g/mol. The zero-order chi connectivity index (χ0) is 18.1. The summed E-state index contributed by atoms with van der Waals surface area (Å²) in [4.78, 5) is 4.55. The second-order valence-corrected chi connectivity index (χ2v) is 8.69. The number of benzene rings is 1. The number of nitrogens with zero attached hydrogens (tertiary/aromatic N) is 1. The van der Waals surface area contributed by atoms with Crippen molar-refractivity contribution in [2.75, 3.05) is 31.2 Å². The minimum absolute atomic E-state index is 0.106. The predicted octanol–water partition coefficient (Wildman–Crippen LogP) is 1.97. The topological polar surface area (TPSA) is 79.8 Å². The molecule has 0 unspecified atom stereocenters. The van der Waals surface area contributed by atoms with E-state index < -0.39 is 9.84 Å². The minimum atomic E-state index is -2.98. The van der Waals surface area contributed by atoms with Gasteiger partial charge in [0.15, 0.2) is 15.8 Å². The molecule has 1 aromatic carbocycles. The van der Waals surface area contributed by atoms with Gasteiger partial charge in [-0.1, -0.05) is 25.1 Å². The van der Waals surface area contributed by atoms with Crippen molar-refractivity contribution in [2.45, 2.75) is 33.2 Å². The summed E-state index contributed by atoms with van der Waals surface area (Å²) in [5, 5.41) is 6.22. The van der Waals surface area contributed by atoms with Gasteiger partial charge in [-0.05, 0) is 31.7 Å². The molecule has 1 aromatic rings. The van der Waals surface area contributed by atoms with Gasteiger partial charge in [-0.2, -0.15) is 0 Å². The van der Waals surface area contributed by atoms with Gasteiger partial charge >= 0.3 is 0 Å². The molecule has 0 spiro atoms. The molecule has 2 N–H and O–H groups in total. The highest BCUT2D eigenvalue weighted by Gasteiger charge is 2.22. The molecule has 1 aliphatic rings. The summed E-state index contributed by atoms with van der Waals surface area (Å²) in [7, 11) is -2.98. The number of hydrogen-bond donors (Lipinski definition) is 2. The average molecular weight is 368 g/mol. The Labute approximate surface area is 151 Å². The van der Waals surface area contributed by atoms with Crippen molar-refractivity contribution in [3.05, 3.63) is 29.8 Å². The maximum atomic E-state index is 11.6. The Balaban J connectivity index is 1.93. The molecular formula is C18H29N3O3S. The van der Waals surface area contributed by atoms with Gasteiger partial charge in [-0.15, -0.1) is 0 Å². The van der Waals surface area contributed by atoms with Gasteiger partial charge in [-0.25, -0.2) is 13.4 Å². The number of rotatable bonds is 10. The first-order valence-corrected chi connectivity index (χ1v) is 10.8. The molecule has 0 bridgehead atoms. The Morgan fingerprint density at radius 3 is 2.68 bits per heavy atom. The Kier molecular flexibility index (Phi) is 7.55. The highest BCUT2D eigenvalue weighted by atomic mass is 32.2. The number of sulfone groups is 1. The maximum Gasteiger partial charge on any atom is 0.191 e. The Morgan fingerprint density at radius 2 is 2.00 bits per heavy atom. The number of aliphatic imine (C=N–C) groups is 1. The Hall–Kier alpha value is -1.76. The largest absolute Gasteiger partial charge is 0.493 e. The van der Waals surface area contributed by atoms with E-state index in [0.717, 1.165) is 17.9 Å². The van der Waals surface area contributed by atoms with E-state index in [1.165, 1.54) is 12.8 Å². The summed E-state index contributed by atoms with van der Waals surface area (Å²) in [6.07, 6.45) is 2.52. The normalized spacial score (nSPS) is 15.0. The molecule has 2 rings (SSSR count). The molecule has 1 aliphatic carbocycles. The first-order valence-electron chi connectivity index (χ1n) is 8.97. The third-order valence-electron chi connectivity index (χ3n) is 4.04. The summed E-state index contributed by atoms with van der Waals surface area (Å²) in [5.41, 5.74) is 1.03. The third kappa shape index (κ3) is 7.34. The molecule has 1 saturated carbocycles. The summed E-state index contributed by atoms with van der Waals surface area (Å²) in [5.74, 6) is 2.47. The Bertz CT molecular complexity index is 670. The summed E-state index contributed by atoms with van der Waals surface area (Å²) < 4.78 is 29.1. The van der Waals surface area contributed by atoms with Crippen molar-refractivity contribution in [1.82, 2.24) is 10.6 Å². The highest BCUT2D eigenvalue weighted by Crippen LogP contribution is 2.30. The van der Waals surface area contributed by atoms with Crippen LogP contribution in [-0.2, 0) is 16.4 Å². The zero-order valence-corrected chi connectivity index (χ0v) is 15.9. The van der Waals surface area contributed by atoms with E-state index >= 15 is 0 Å². The van der Waals surface area contributed by atoms with E-state index in [9.17, 15) is 8.42 Å². The van der Waals surface area contributed by atoms with Crippen LogP contribution in [0.15, 0.2) is 29.3 Å².